The zero-order chi connectivity index (χ0) is 7.84. The molecule has 4 heteroatoms. The van der Waals surface area contributed by atoms with Crippen LogP contribution in [0.15, 0.2) is 12.2 Å². The Bertz CT molecular complexity index is 249. The number of nitrogens with one attached hydrogen (secondary N) is 1. The first kappa shape index (κ1) is 9.96. The molecule has 1 N–H and O–H groups in total. The van der Waals surface area contributed by atoms with E-state index in [2.05, 4.69) is 5.32 Å². The Morgan fingerprint density at radius 1 is 1.33 bits per heavy atom. The van der Waals surface area contributed by atoms with Crippen molar-refractivity contribution in [3.05, 3.63) is 12.2 Å². The second-order valence-electron chi connectivity index (χ2n) is 2.99. The Morgan fingerprint density at radius 3 is 2.75 bits per heavy atom. The van der Waals surface area contributed by atoms with E-state index in [1.165, 1.54) is 0 Å². The molecule has 1 aliphatic carbocycles. The molecule has 2 atom stereocenters. The molecule has 0 aromatic carbocycles. The van der Waals surface area contributed by atoms with E-state index in [0.717, 1.165) is 12.8 Å². The average Bonchev–Trinajstić information content (AvgIpc) is 2.30. The van der Waals surface area contributed by atoms with Crippen LogP contribution in [0.4, 0.5) is 0 Å². The van der Waals surface area contributed by atoms with Crippen molar-refractivity contribution in [2.24, 2.45) is 11.8 Å². The number of hydrogen-bond donors (Lipinski definition) is 1. The quantitative estimate of drug-likeness (QED) is 0.308. The third kappa shape index (κ3) is 1.49. The zero-order valence-corrected chi connectivity index (χ0v) is 6.04. The van der Waals surface area contributed by atoms with Gasteiger partial charge in [-0.1, -0.05) is 12.2 Å². The molecule has 1 saturated heterocycles. The number of fused-ring (bicyclic) bond motifs is 1. The predicted octanol–water partition coefficient (Wildman–Crippen LogP) is -0.423. The molecule has 2 rings (SSSR count). The summed E-state index contributed by atoms with van der Waals surface area (Å²) in [5.74, 6) is -0.468. The number of carbonyl (C=O) groups excluding carboxylic acids is 2. The van der Waals surface area contributed by atoms with Crippen LogP contribution < -0.4 is 5.32 Å². The third-order valence-electron chi connectivity index (χ3n) is 2.31. The molecule has 0 bridgehead atoms. The summed E-state index contributed by atoms with van der Waals surface area (Å²) in [5, 5.41) is 2.33. The van der Waals surface area contributed by atoms with Gasteiger partial charge in [0.25, 0.3) is 0 Å². The first-order chi connectivity index (χ1) is 5.29. The van der Waals surface area contributed by atoms with Gasteiger partial charge in [0.05, 0.1) is 11.8 Å². The van der Waals surface area contributed by atoms with E-state index < -0.39 is 0 Å². The molecule has 0 saturated carbocycles. The number of hydrogen-bond acceptors (Lipinski definition) is 2. The van der Waals surface area contributed by atoms with Crippen molar-refractivity contribution >= 4 is 41.4 Å². The fourth-order valence-corrected chi connectivity index (χ4v) is 1.69. The summed E-state index contributed by atoms with van der Waals surface area (Å²) in [4.78, 5) is 22.1. The van der Waals surface area contributed by atoms with Gasteiger partial charge < -0.3 is 0 Å². The number of rotatable bonds is 0. The molecule has 1 fully saturated rings. The molecular weight excluding hydrogens is 165 g/mol. The van der Waals surface area contributed by atoms with Gasteiger partial charge in [-0.2, -0.15) is 0 Å². The molecule has 0 aromatic rings. The van der Waals surface area contributed by atoms with Gasteiger partial charge in [0.15, 0.2) is 0 Å². The third-order valence-corrected chi connectivity index (χ3v) is 2.31. The summed E-state index contributed by atoms with van der Waals surface area (Å²) in [7, 11) is 0. The molecule has 2 unspecified atom stereocenters. The number of imide groups is 1. The van der Waals surface area contributed by atoms with Gasteiger partial charge in [-0.25, -0.2) is 0 Å². The Hall–Kier alpha value is -0.120. The summed E-state index contributed by atoms with van der Waals surface area (Å²) in [5.41, 5.74) is 0. The summed E-state index contributed by atoms with van der Waals surface area (Å²) in [6, 6.07) is 0. The van der Waals surface area contributed by atoms with Gasteiger partial charge in [-0.05, 0) is 12.8 Å². The second-order valence-corrected chi connectivity index (χ2v) is 2.99. The van der Waals surface area contributed by atoms with Crippen molar-refractivity contribution in [3.63, 3.8) is 0 Å². The van der Waals surface area contributed by atoms with Crippen LogP contribution in [-0.4, -0.2) is 41.4 Å². The van der Waals surface area contributed by atoms with E-state index in [-0.39, 0.29) is 53.2 Å². The van der Waals surface area contributed by atoms with Crippen molar-refractivity contribution in [1.29, 1.82) is 0 Å². The van der Waals surface area contributed by atoms with Gasteiger partial charge >= 0.3 is 29.6 Å². The standard InChI is InChI=1S/C8H9NO2.Na.H/c10-7-5-3-1-2-4-6(5)8(11)9-7;;/h1,3,5-6H,2,4H2,(H,9,10,11);;. The molecule has 2 aliphatic rings. The molecule has 3 nitrogen and oxygen atoms in total. The summed E-state index contributed by atoms with van der Waals surface area (Å²) < 4.78 is 0. The molecule has 60 valence electrons. The maximum atomic E-state index is 11.1. The van der Waals surface area contributed by atoms with E-state index in [0.29, 0.717) is 0 Å². The van der Waals surface area contributed by atoms with Crippen molar-refractivity contribution in [3.8, 4) is 0 Å². The Balaban J connectivity index is 0.000000720. The van der Waals surface area contributed by atoms with Crippen LogP contribution in [0, 0.1) is 11.8 Å². The Morgan fingerprint density at radius 2 is 2.08 bits per heavy atom. The van der Waals surface area contributed by atoms with Crippen LogP contribution in [0.3, 0.4) is 0 Å². The average molecular weight is 175 g/mol. The second kappa shape index (κ2) is 3.73. The monoisotopic (exact) mass is 175 g/mol. The molecule has 2 amide bonds. The molecule has 1 heterocycles. The van der Waals surface area contributed by atoms with Gasteiger partial charge in [-0.15, -0.1) is 0 Å². The van der Waals surface area contributed by atoms with Crippen LogP contribution in [0.5, 0.6) is 0 Å². The van der Waals surface area contributed by atoms with Gasteiger partial charge in [0, 0.05) is 0 Å². The van der Waals surface area contributed by atoms with Crippen molar-refractivity contribution in [2.45, 2.75) is 12.8 Å². The van der Waals surface area contributed by atoms with Crippen LogP contribution in [0.1, 0.15) is 12.8 Å². The van der Waals surface area contributed by atoms with E-state index in [1.807, 2.05) is 12.2 Å². The SMILES string of the molecule is O=C1NC(=O)C2CCC=CC12.[NaH]. The fraction of sp³-hybridized carbons (Fsp3) is 0.500. The Kier molecular flexibility index (Phi) is 3.09. The van der Waals surface area contributed by atoms with E-state index in [9.17, 15) is 9.59 Å². The van der Waals surface area contributed by atoms with Crippen LogP contribution in [-0.2, 0) is 9.59 Å². The molecular formula is C8H10NNaO2. The van der Waals surface area contributed by atoms with E-state index in [1.54, 1.807) is 0 Å². The minimum atomic E-state index is -0.170. The first-order valence-electron chi connectivity index (χ1n) is 3.80. The fourth-order valence-electron chi connectivity index (χ4n) is 1.69. The Labute approximate surface area is 92.9 Å². The van der Waals surface area contributed by atoms with Crippen molar-refractivity contribution < 1.29 is 9.59 Å². The molecule has 0 spiro atoms. The number of amides is 2. The summed E-state index contributed by atoms with van der Waals surface area (Å²) in [6.07, 6.45) is 5.55. The maximum absolute atomic E-state index is 11.1. The number of carbonyl (C=O) groups is 2. The van der Waals surface area contributed by atoms with Gasteiger partial charge in [0.1, 0.15) is 0 Å². The van der Waals surface area contributed by atoms with Gasteiger partial charge in [0.2, 0.25) is 11.8 Å². The predicted molar refractivity (Wildman–Crippen MR) is 45.7 cm³/mol. The first-order valence-corrected chi connectivity index (χ1v) is 3.80. The van der Waals surface area contributed by atoms with Crippen molar-refractivity contribution in [2.75, 3.05) is 0 Å². The molecule has 0 radical (unpaired) electrons. The molecule has 0 aromatic heterocycles. The van der Waals surface area contributed by atoms with Gasteiger partial charge in [-0.3, -0.25) is 14.9 Å². The molecule has 12 heavy (non-hydrogen) atoms. The summed E-state index contributed by atoms with van der Waals surface area (Å²) in [6.45, 7) is 0. The van der Waals surface area contributed by atoms with Crippen LogP contribution >= 0.6 is 0 Å². The van der Waals surface area contributed by atoms with E-state index >= 15 is 0 Å². The van der Waals surface area contributed by atoms with Crippen molar-refractivity contribution in [1.82, 2.24) is 5.32 Å². The topological polar surface area (TPSA) is 46.2 Å². The number of allylic oxidation sites excluding steroid dienone is 1. The van der Waals surface area contributed by atoms with Crippen LogP contribution in [0.25, 0.3) is 0 Å². The van der Waals surface area contributed by atoms with E-state index in [4.69, 9.17) is 0 Å². The zero-order valence-electron chi connectivity index (χ0n) is 6.04. The minimum absolute atomic E-state index is 0. The molecule has 1 aliphatic heterocycles. The summed E-state index contributed by atoms with van der Waals surface area (Å²) >= 11 is 0. The normalized spacial score (nSPS) is 32.3. The van der Waals surface area contributed by atoms with Crippen LogP contribution in [0.2, 0.25) is 0 Å².